The van der Waals surface area contributed by atoms with E-state index in [0.29, 0.717) is 22.5 Å². The molecule has 1 aliphatic heterocycles. The van der Waals surface area contributed by atoms with Crippen molar-refractivity contribution in [3.8, 4) is 11.5 Å². The topological polar surface area (TPSA) is 89.2 Å². The number of guanidine groups is 2. The molecule has 1 saturated carbocycles. The molecule has 0 saturated heterocycles. The molecule has 1 fully saturated rings. The van der Waals surface area contributed by atoms with Crippen LogP contribution in [0.2, 0.25) is 5.02 Å². The van der Waals surface area contributed by atoms with E-state index in [2.05, 4.69) is 4.99 Å². The van der Waals surface area contributed by atoms with Gasteiger partial charge in [-0.25, -0.2) is 4.99 Å². The molecule has 4 N–H and O–H groups in total. The summed E-state index contributed by atoms with van der Waals surface area (Å²) in [6.45, 7) is 0. The highest BCUT2D eigenvalue weighted by molar-refractivity contribution is 6.30. The zero-order valence-corrected chi connectivity index (χ0v) is 15.7. The SMILES string of the molecule is NC1=NC2(CCCCC2)N(c2ccccc2Oc2cccc(Cl)c2)C(N)=N1. The molecule has 0 unspecified atom stereocenters. The summed E-state index contributed by atoms with van der Waals surface area (Å²) in [5.74, 6) is 1.90. The molecule has 1 aliphatic carbocycles. The van der Waals surface area contributed by atoms with E-state index in [9.17, 15) is 0 Å². The molecule has 1 spiro atoms. The Kier molecular flexibility index (Phi) is 4.66. The minimum Gasteiger partial charge on any atom is -0.455 e. The van der Waals surface area contributed by atoms with Crippen LogP contribution in [-0.4, -0.2) is 17.6 Å². The van der Waals surface area contributed by atoms with E-state index in [0.717, 1.165) is 31.4 Å². The van der Waals surface area contributed by atoms with E-state index in [1.54, 1.807) is 6.07 Å². The Morgan fingerprint density at radius 2 is 1.78 bits per heavy atom. The van der Waals surface area contributed by atoms with Crippen molar-refractivity contribution in [2.75, 3.05) is 4.90 Å². The Morgan fingerprint density at radius 1 is 1.00 bits per heavy atom. The van der Waals surface area contributed by atoms with Crippen LogP contribution in [0.1, 0.15) is 32.1 Å². The van der Waals surface area contributed by atoms with Crippen LogP contribution in [0.25, 0.3) is 0 Å². The fourth-order valence-electron chi connectivity index (χ4n) is 3.86. The van der Waals surface area contributed by atoms with Gasteiger partial charge in [-0.1, -0.05) is 36.2 Å². The highest BCUT2D eigenvalue weighted by Gasteiger charge is 2.43. The average Bonchev–Trinajstić information content (AvgIpc) is 2.63. The smallest absolute Gasteiger partial charge is 0.220 e. The van der Waals surface area contributed by atoms with Gasteiger partial charge in [-0.15, -0.1) is 0 Å². The molecule has 7 heteroatoms. The van der Waals surface area contributed by atoms with Crippen molar-refractivity contribution in [3.63, 3.8) is 0 Å². The average molecular weight is 384 g/mol. The molecule has 140 valence electrons. The Bertz CT molecular complexity index is 905. The van der Waals surface area contributed by atoms with Gasteiger partial charge in [-0.05, 0) is 56.0 Å². The molecule has 2 aromatic carbocycles. The number of anilines is 1. The highest BCUT2D eigenvalue weighted by Crippen LogP contribution is 2.43. The number of nitrogens with two attached hydrogens (primary N) is 2. The molecule has 0 radical (unpaired) electrons. The summed E-state index contributed by atoms with van der Waals surface area (Å²) in [6.07, 6.45) is 5.06. The lowest BCUT2D eigenvalue weighted by Gasteiger charge is -2.45. The van der Waals surface area contributed by atoms with Gasteiger partial charge in [0.05, 0.1) is 5.69 Å². The standard InChI is InChI=1S/C20H22ClN5O/c21-14-7-6-8-15(13-14)27-17-10-3-2-9-16(17)26-19(23)24-18(22)25-20(26)11-4-1-5-12-20/h2-3,6-10,13H,1,4-5,11-12H2,(H4,22,23,24,25). The second-order valence-electron chi connectivity index (χ2n) is 6.85. The van der Waals surface area contributed by atoms with Crippen molar-refractivity contribution in [1.82, 2.24) is 0 Å². The zero-order valence-electron chi connectivity index (χ0n) is 14.9. The van der Waals surface area contributed by atoms with E-state index in [-0.39, 0.29) is 5.96 Å². The van der Waals surface area contributed by atoms with Gasteiger partial charge in [0.15, 0.2) is 5.75 Å². The molecule has 6 nitrogen and oxygen atoms in total. The second kappa shape index (κ2) is 7.12. The van der Waals surface area contributed by atoms with Gasteiger partial charge in [0.2, 0.25) is 11.9 Å². The van der Waals surface area contributed by atoms with Crippen molar-refractivity contribution >= 4 is 29.2 Å². The Morgan fingerprint density at radius 3 is 2.56 bits per heavy atom. The number of hydrogen-bond acceptors (Lipinski definition) is 6. The van der Waals surface area contributed by atoms with E-state index in [1.165, 1.54) is 6.42 Å². The zero-order chi connectivity index (χ0) is 18.9. The third-order valence-corrected chi connectivity index (χ3v) is 5.22. The summed E-state index contributed by atoms with van der Waals surface area (Å²) in [7, 11) is 0. The largest absolute Gasteiger partial charge is 0.455 e. The molecule has 1 heterocycles. The van der Waals surface area contributed by atoms with Crippen molar-refractivity contribution in [2.24, 2.45) is 21.5 Å². The quantitative estimate of drug-likeness (QED) is 0.829. The van der Waals surface area contributed by atoms with Crippen LogP contribution in [-0.2, 0) is 0 Å². The van der Waals surface area contributed by atoms with Crippen LogP contribution in [0.5, 0.6) is 11.5 Å². The molecule has 0 aromatic heterocycles. The molecular formula is C20H22ClN5O. The predicted octanol–water partition coefficient (Wildman–Crippen LogP) is 4.24. The molecule has 0 bridgehead atoms. The lowest BCUT2D eigenvalue weighted by Crippen LogP contribution is -2.58. The van der Waals surface area contributed by atoms with E-state index >= 15 is 0 Å². The number of rotatable bonds is 3. The fraction of sp³-hybridized carbons (Fsp3) is 0.300. The number of halogens is 1. The normalized spacial score (nSPS) is 18.8. The number of hydrogen-bond donors (Lipinski definition) is 2. The van der Waals surface area contributed by atoms with E-state index in [4.69, 9.17) is 32.8 Å². The van der Waals surface area contributed by atoms with Gasteiger partial charge >= 0.3 is 0 Å². The van der Waals surface area contributed by atoms with Crippen LogP contribution < -0.4 is 21.1 Å². The Labute approximate surface area is 163 Å². The van der Waals surface area contributed by atoms with Crippen LogP contribution in [0.3, 0.4) is 0 Å². The first-order chi connectivity index (χ1) is 13.1. The van der Waals surface area contributed by atoms with Gasteiger partial charge in [0.25, 0.3) is 0 Å². The van der Waals surface area contributed by atoms with Crippen molar-refractivity contribution < 1.29 is 4.74 Å². The molecular weight excluding hydrogens is 362 g/mol. The molecule has 0 amide bonds. The van der Waals surface area contributed by atoms with Crippen LogP contribution in [0.15, 0.2) is 58.5 Å². The lowest BCUT2D eigenvalue weighted by molar-refractivity contribution is 0.304. The fourth-order valence-corrected chi connectivity index (χ4v) is 4.04. The van der Waals surface area contributed by atoms with Crippen LogP contribution >= 0.6 is 11.6 Å². The third-order valence-electron chi connectivity index (χ3n) is 4.98. The summed E-state index contributed by atoms with van der Waals surface area (Å²) in [4.78, 5) is 10.9. The maximum Gasteiger partial charge on any atom is 0.220 e. The van der Waals surface area contributed by atoms with Crippen molar-refractivity contribution in [3.05, 3.63) is 53.6 Å². The summed E-state index contributed by atoms with van der Waals surface area (Å²) < 4.78 is 6.14. The minimum atomic E-state index is -0.512. The van der Waals surface area contributed by atoms with Crippen LogP contribution in [0.4, 0.5) is 5.69 Å². The summed E-state index contributed by atoms with van der Waals surface area (Å²) in [5.41, 5.74) is 12.6. The summed E-state index contributed by atoms with van der Waals surface area (Å²) >= 11 is 6.09. The summed E-state index contributed by atoms with van der Waals surface area (Å²) in [5, 5.41) is 0.616. The molecule has 4 rings (SSSR count). The molecule has 2 aromatic rings. The van der Waals surface area contributed by atoms with Gasteiger partial charge in [-0.2, -0.15) is 4.99 Å². The number of nitrogens with zero attached hydrogens (tertiary/aromatic N) is 3. The first-order valence-electron chi connectivity index (χ1n) is 9.10. The van der Waals surface area contributed by atoms with E-state index in [1.807, 2.05) is 47.4 Å². The number of para-hydroxylation sites is 2. The predicted molar refractivity (Wildman–Crippen MR) is 110 cm³/mol. The number of benzene rings is 2. The second-order valence-corrected chi connectivity index (χ2v) is 7.28. The van der Waals surface area contributed by atoms with Gasteiger partial charge in [-0.3, -0.25) is 4.90 Å². The highest BCUT2D eigenvalue weighted by atomic mass is 35.5. The monoisotopic (exact) mass is 383 g/mol. The first kappa shape index (κ1) is 17.7. The third kappa shape index (κ3) is 3.45. The van der Waals surface area contributed by atoms with Gasteiger partial charge < -0.3 is 16.2 Å². The summed E-state index contributed by atoms with van der Waals surface area (Å²) in [6, 6.07) is 15.0. The first-order valence-corrected chi connectivity index (χ1v) is 9.47. The van der Waals surface area contributed by atoms with Crippen molar-refractivity contribution in [1.29, 1.82) is 0 Å². The molecule has 2 aliphatic rings. The van der Waals surface area contributed by atoms with Gasteiger partial charge in [0.1, 0.15) is 11.4 Å². The van der Waals surface area contributed by atoms with Crippen molar-refractivity contribution in [2.45, 2.75) is 37.8 Å². The molecule has 0 atom stereocenters. The molecule has 27 heavy (non-hydrogen) atoms. The Balaban J connectivity index is 1.76. The maximum atomic E-state index is 6.33. The maximum absolute atomic E-state index is 6.33. The number of ether oxygens (including phenoxy) is 1. The number of aliphatic imine (C=N–C) groups is 2. The minimum absolute atomic E-state index is 0.235. The van der Waals surface area contributed by atoms with Gasteiger partial charge in [0, 0.05) is 5.02 Å². The lowest BCUT2D eigenvalue weighted by atomic mass is 9.87. The Hall–Kier alpha value is -2.73. The van der Waals surface area contributed by atoms with E-state index < -0.39 is 5.66 Å². The van der Waals surface area contributed by atoms with Crippen LogP contribution in [0, 0.1) is 0 Å².